The Balaban J connectivity index is 1.07. The van der Waals surface area contributed by atoms with Crippen LogP contribution in [0.4, 0.5) is 5.69 Å². The Kier molecular flexibility index (Phi) is 7.74. The Morgan fingerprint density at radius 2 is 1.25 bits per heavy atom. The van der Waals surface area contributed by atoms with Crippen molar-refractivity contribution in [2.45, 2.75) is 159 Å². The summed E-state index contributed by atoms with van der Waals surface area (Å²) in [4.78, 5) is 25.9. The van der Waals surface area contributed by atoms with Gasteiger partial charge in [-0.3, -0.25) is 5.43 Å². The summed E-state index contributed by atoms with van der Waals surface area (Å²) >= 11 is 0. The molecule has 6 heterocycles. The monoisotopic (exact) mass is 662 g/mol. The second kappa shape index (κ2) is 11.5. The van der Waals surface area contributed by atoms with Crippen LogP contribution in [0.2, 0.25) is 0 Å². The molecule has 0 aromatic heterocycles. The number of hydrazone groups is 1. The van der Waals surface area contributed by atoms with E-state index in [0.717, 1.165) is 69.2 Å². The summed E-state index contributed by atoms with van der Waals surface area (Å²) in [7, 11) is 0. The zero-order valence-electron chi connectivity index (χ0n) is 30.0. The van der Waals surface area contributed by atoms with Crippen molar-refractivity contribution in [1.29, 1.82) is 0 Å². The summed E-state index contributed by atoms with van der Waals surface area (Å²) in [6.45, 7) is 14.1. The van der Waals surface area contributed by atoms with Gasteiger partial charge in [0.15, 0.2) is 0 Å². The number of hydrogen-bond acceptors (Lipinski definition) is 8. The van der Waals surface area contributed by atoms with Crippen LogP contribution in [-0.2, 0) is 29.0 Å². The Labute approximate surface area is 287 Å². The lowest BCUT2D eigenvalue weighted by Gasteiger charge is -2.62. The van der Waals surface area contributed by atoms with Gasteiger partial charge in [0.2, 0.25) is 0 Å². The van der Waals surface area contributed by atoms with Crippen LogP contribution >= 0.6 is 0 Å². The topological polar surface area (TPSA) is 79.8 Å². The standard InChI is InChI=1S/C40H58N2O6/c1-23-12-14-30-25(3)33(43-34-21-37(5)18-16-28(23)39(30,34)47-45-37)20-32(42-41-27-10-8-7-9-11-27)36-26(4)31-15-13-24(2)29-17-19-38(6)22-35(44-36)40(29,31)48-46-38/h7-11,23-26,28-31,33-36,41H,12-22H2,1-6H3/b42-32-/t23-,24-,25-,26-,28+,29+,30+,31+,33-,34-,35-,36+,37+,38+,39-,40-/m1/s1. The van der Waals surface area contributed by atoms with E-state index in [1.165, 1.54) is 12.8 Å². The number of anilines is 1. The molecule has 0 unspecified atom stereocenters. The molecular weight excluding hydrogens is 604 g/mol. The van der Waals surface area contributed by atoms with E-state index in [0.29, 0.717) is 41.4 Å². The van der Waals surface area contributed by atoms with Gasteiger partial charge in [-0.25, -0.2) is 19.6 Å². The summed E-state index contributed by atoms with van der Waals surface area (Å²) < 4.78 is 14.7. The third-order valence-electron chi connectivity index (χ3n) is 15.4. The maximum atomic E-state index is 7.39. The molecule has 48 heavy (non-hydrogen) atoms. The lowest BCUT2D eigenvalue weighted by Crippen LogP contribution is -2.71. The number of hydrogen-bond donors (Lipinski definition) is 1. The molecule has 1 aromatic rings. The van der Waals surface area contributed by atoms with Crippen LogP contribution in [0.15, 0.2) is 35.4 Å². The van der Waals surface area contributed by atoms with Gasteiger partial charge in [0.1, 0.15) is 28.5 Å². The first-order valence-electron chi connectivity index (χ1n) is 19.5. The largest absolute Gasteiger partial charge is 0.371 e. The predicted molar refractivity (Wildman–Crippen MR) is 183 cm³/mol. The second-order valence-corrected chi connectivity index (χ2v) is 18.2. The Morgan fingerprint density at radius 1 is 0.688 bits per heavy atom. The fourth-order valence-electron chi connectivity index (χ4n) is 12.7. The molecule has 10 aliphatic rings. The molecule has 16 atom stereocenters. The van der Waals surface area contributed by atoms with E-state index in [2.05, 4.69) is 71.2 Å². The Hall–Kier alpha value is -1.55. The molecule has 2 spiro atoms. The lowest BCUT2D eigenvalue weighted by atomic mass is 9.55. The fourth-order valence-corrected chi connectivity index (χ4v) is 12.7. The predicted octanol–water partition coefficient (Wildman–Crippen LogP) is 8.26. The molecule has 8 heteroatoms. The molecule has 6 saturated heterocycles. The van der Waals surface area contributed by atoms with Crippen molar-refractivity contribution in [3.05, 3.63) is 30.3 Å². The highest BCUT2D eigenvalue weighted by Gasteiger charge is 2.70. The smallest absolute Gasteiger partial charge is 0.136 e. The molecule has 0 radical (unpaired) electrons. The number of rotatable bonds is 5. The summed E-state index contributed by atoms with van der Waals surface area (Å²) in [5, 5.41) is 5.26. The third kappa shape index (κ3) is 4.71. The van der Waals surface area contributed by atoms with E-state index < -0.39 is 0 Å². The second-order valence-electron chi connectivity index (χ2n) is 18.2. The van der Waals surface area contributed by atoms with E-state index >= 15 is 0 Å². The van der Waals surface area contributed by atoms with Crippen LogP contribution in [0.5, 0.6) is 0 Å². The molecule has 10 fully saturated rings. The first kappa shape index (κ1) is 32.4. The van der Waals surface area contributed by atoms with Crippen LogP contribution < -0.4 is 5.43 Å². The lowest BCUT2D eigenvalue weighted by molar-refractivity contribution is -0.487. The molecule has 11 rings (SSSR count). The molecule has 1 aromatic carbocycles. The summed E-state index contributed by atoms with van der Waals surface area (Å²) in [5.41, 5.74) is 4.15. The average molecular weight is 663 g/mol. The first-order chi connectivity index (χ1) is 23.1. The van der Waals surface area contributed by atoms with Gasteiger partial charge < -0.3 is 9.47 Å². The van der Waals surface area contributed by atoms with Gasteiger partial charge in [0, 0.05) is 19.3 Å². The van der Waals surface area contributed by atoms with Gasteiger partial charge in [-0.05, 0) is 125 Å². The summed E-state index contributed by atoms with van der Waals surface area (Å²) in [5.74, 6) is 3.41. The molecule has 0 amide bonds. The van der Waals surface area contributed by atoms with Crippen molar-refractivity contribution in [2.24, 2.45) is 52.4 Å². The van der Waals surface area contributed by atoms with Gasteiger partial charge in [0.05, 0.1) is 29.7 Å². The average Bonchev–Trinajstić information content (AvgIpc) is 3.45. The SMILES string of the molecule is C[C@H]1[C@@H](/C(C[C@H]2O[C@@H]3C[C@]4(C)CC[C@H]5[C@H](C)CC[C@@H]([C@H]2C)[C@@]35OO4)=N\Nc2ccccc2)O[C@@H]2C[C@]3(C)CC[C@H]4[C@H](C)CC[C@@H]1[C@@]24OO3. The highest BCUT2D eigenvalue weighted by molar-refractivity contribution is 5.90. The normalized spacial score (nSPS) is 54.1. The van der Waals surface area contributed by atoms with Gasteiger partial charge >= 0.3 is 0 Å². The maximum Gasteiger partial charge on any atom is 0.136 e. The summed E-state index contributed by atoms with van der Waals surface area (Å²) in [6, 6.07) is 10.3. The van der Waals surface area contributed by atoms with Crippen LogP contribution in [-0.4, -0.2) is 52.5 Å². The number of ether oxygens (including phenoxy) is 2. The van der Waals surface area contributed by atoms with Crippen LogP contribution in [0.1, 0.15) is 112 Å². The number of nitrogens with zero attached hydrogens (tertiary/aromatic N) is 1. The van der Waals surface area contributed by atoms with Crippen LogP contribution in [0.25, 0.3) is 0 Å². The van der Waals surface area contributed by atoms with E-state index in [-0.39, 0.29) is 52.7 Å². The molecule has 4 bridgehead atoms. The number of nitrogens with one attached hydrogen (secondary N) is 1. The number of para-hydroxylation sites is 1. The van der Waals surface area contributed by atoms with Gasteiger partial charge in [-0.2, -0.15) is 5.10 Å². The minimum atomic E-state index is -0.386. The quantitative estimate of drug-likeness (QED) is 0.193. The fraction of sp³-hybridized carbons (Fsp3) is 0.825. The molecular formula is C40H58N2O6. The third-order valence-corrected chi connectivity index (χ3v) is 15.4. The highest BCUT2D eigenvalue weighted by atomic mass is 17.2. The number of fused-ring (bicyclic) bond motifs is 4. The zero-order valence-corrected chi connectivity index (χ0v) is 30.0. The highest BCUT2D eigenvalue weighted by Crippen LogP contribution is 2.63. The Bertz CT molecular complexity index is 1410. The minimum absolute atomic E-state index is 0.0173. The van der Waals surface area contributed by atoms with Crippen molar-refractivity contribution in [3.8, 4) is 0 Å². The van der Waals surface area contributed by atoms with Gasteiger partial charge in [-0.1, -0.05) is 45.9 Å². The molecule has 1 N–H and O–H groups in total. The van der Waals surface area contributed by atoms with Gasteiger partial charge in [0.25, 0.3) is 0 Å². The molecule has 6 aliphatic heterocycles. The summed E-state index contributed by atoms with van der Waals surface area (Å²) in [6.07, 6.45) is 11.5. The van der Waals surface area contributed by atoms with Crippen molar-refractivity contribution >= 4 is 11.4 Å². The van der Waals surface area contributed by atoms with Crippen LogP contribution in [0.3, 0.4) is 0 Å². The first-order valence-corrected chi connectivity index (χ1v) is 19.5. The Morgan fingerprint density at radius 3 is 1.85 bits per heavy atom. The molecule has 4 saturated carbocycles. The van der Waals surface area contributed by atoms with E-state index in [1.54, 1.807) is 0 Å². The number of benzene rings is 1. The zero-order chi connectivity index (χ0) is 33.1. The minimum Gasteiger partial charge on any atom is -0.371 e. The van der Waals surface area contributed by atoms with Crippen molar-refractivity contribution < 1.29 is 29.0 Å². The van der Waals surface area contributed by atoms with E-state index in [4.69, 9.17) is 34.1 Å². The van der Waals surface area contributed by atoms with Crippen LogP contribution in [0, 0.1) is 47.3 Å². The molecule has 4 aliphatic carbocycles. The maximum absolute atomic E-state index is 7.39. The van der Waals surface area contributed by atoms with Crippen molar-refractivity contribution in [1.82, 2.24) is 0 Å². The van der Waals surface area contributed by atoms with E-state index in [1.807, 2.05) is 6.07 Å². The molecule has 264 valence electrons. The van der Waals surface area contributed by atoms with E-state index in [9.17, 15) is 0 Å². The van der Waals surface area contributed by atoms with Crippen molar-refractivity contribution in [3.63, 3.8) is 0 Å². The van der Waals surface area contributed by atoms with Gasteiger partial charge in [-0.15, -0.1) is 0 Å². The van der Waals surface area contributed by atoms with Crippen molar-refractivity contribution in [2.75, 3.05) is 5.43 Å². The molecule has 8 nitrogen and oxygen atoms in total.